The van der Waals surface area contributed by atoms with Crippen molar-refractivity contribution >= 4 is 18.9 Å². The van der Waals surface area contributed by atoms with Crippen LogP contribution in [0.15, 0.2) is 23.7 Å². The molecule has 1 heterocycles. The summed E-state index contributed by atoms with van der Waals surface area (Å²) in [6.45, 7) is 8.12. The van der Waals surface area contributed by atoms with Crippen LogP contribution in [0.4, 0.5) is 18.9 Å². The van der Waals surface area contributed by atoms with Crippen LogP contribution in [0.2, 0.25) is 0 Å². The summed E-state index contributed by atoms with van der Waals surface area (Å²) in [4.78, 5) is 0. The average Bonchev–Trinajstić information content (AvgIpc) is 2.69. The normalized spacial score (nSPS) is 19.7. The van der Waals surface area contributed by atoms with Crippen LogP contribution in [0.25, 0.3) is 6.08 Å². The number of nitrogen functional groups attached to an aromatic ring is 1. The van der Waals surface area contributed by atoms with Crippen LogP contribution in [0.5, 0.6) is 5.75 Å². The number of anilines is 1. The van der Waals surface area contributed by atoms with Gasteiger partial charge >= 0.3 is 13.5 Å². The van der Waals surface area contributed by atoms with E-state index in [9.17, 15) is 13.2 Å². The van der Waals surface area contributed by atoms with Crippen molar-refractivity contribution in [3.8, 4) is 5.75 Å². The van der Waals surface area contributed by atoms with E-state index in [4.69, 9.17) is 15.0 Å². The molecule has 26 heavy (non-hydrogen) atoms. The Morgan fingerprint density at radius 1 is 1.23 bits per heavy atom. The Balaban J connectivity index is 2.36. The van der Waals surface area contributed by atoms with E-state index in [-0.39, 0.29) is 5.75 Å². The van der Waals surface area contributed by atoms with Crippen LogP contribution in [-0.4, -0.2) is 38.3 Å². The van der Waals surface area contributed by atoms with Crippen molar-refractivity contribution in [2.75, 3.05) is 19.3 Å². The molecule has 0 aromatic heterocycles. The van der Waals surface area contributed by atoms with Crippen molar-refractivity contribution in [2.45, 2.75) is 45.3 Å². The van der Waals surface area contributed by atoms with Crippen LogP contribution in [0.3, 0.4) is 0 Å². The van der Waals surface area contributed by atoms with Crippen LogP contribution < -0.4 is 15.8 Å². The second-order valence-corrected chi connectivity index (χ2v) is 7.18. The number of alkyl halides is 3. The van der Waals surface area contributed by atoms with E-state index in [1.165, 1.54) is 18.2 Å². The van der Waals surface area contributed by atoms with Gasteiger partial charge in [-0.25, -0.2) is 0 Å². The molecule has 2 rings (SSSR count). The summed E-state index contributed by atoms with van der Waals surface area (Å²) in [6.07, 6.45) is -3.10. The first-order valence-electron chi connectivity index (χ1n) is 8.20. The van der Waals surface area contributed by atoms with Crippen molar-refractivity contribution < 1.29 is 27.2 Å². The van der Waals surface area contributed by atoms with Gasteiger partial charge in [-0.05, 0) is 58.4 Å². The first-order valence-corrected chi connectivity index (χ1v) is 8.20. The summed E-state index contributed by atoms with van der Waals surface area (Å²) in [6, 6.07) is 3.78. The average molecular weight is 372 g/mol. The Bertz CT molecular complexity index is 674. The number of ether oxygens (including phenoxy) is 1. The van der Waals surface area contributed by atoms with Gasteiger partial charge in [-0.3, -0.25) is 0 Å². The van der Waals surface area contributed by atoms with Crippen molar-refractivity contribution in [1.82, 2.24) is 5.32 Å². The zero-order valence-corrected chi connectivity index (χ0v) is 15.5. The monoisotopic (exact) mass is 372 g/mol. The predicted octanol–water partition coefficient (Wildman–Crippen LogP) is 3.40. The van der Waals surface area contributed by atoms with Gasteiger partial charge in [0, 0.05) is 17.8 Å². The molecule has 9 heteroatoms. The summed E-state index contributed by atoms with van der Waals surface area (Å²) < 4.78 is 53.4. The number of benzene rings is 1. The molecule has 0 saturated carbocycles. The Labute approximate surface area is 151 Å². The molecular formula is C17H24BF3N2O3. The van der Waals surface area contributed by atoms with Gasteiger partial charge < -0.3 is 25.1 Å². The molecule has 0 amide bonds. The molecule has 0 bridgehead atoms. The van der Waals surface area contributed by atoms with E-state index >= 15 is 0 Å². The van der Waals surface area contributed by atoms with E-state index < -0.39 is 24.7 Å². The maximum Gasteiger partial charge on any atom is 0.573 e. The predicted molar refractivity (Wildman–Crippen MR) is 95.5 cm³/mol. The van der Waals surface area contributed by atoms with E-state index in [1.807, 2.05) is 27.7 Å². The fourth-order valence-corrected chi connectivity index (χ4v) is 2.48. The van der Waals surface area contributed by atoms with Crippen molar-refractivity contribution in [3.05, 3.63) is 29.2 Å². The van der Waals surface area contributed by atoms with Gasteiger partial charge in [0.2, 0.25) is 0 Å². The molecule has 0 atom stereocenters. The fourth-order valence-electron chi connectivity index (χ4n) is 2.48. The van der Waals surface area contributed by atoms with Crippen LogP contribution >= 0.6 is 0 Å². The number of nitrogens with two attached hydrogens (primary N) is 1. The quantitative estimate of drug-likeness (QED) is 0.613. The lowest BCUT2D eigenvalue weighted by molar-refractivity contribution is -0.274. The molecule has 1 saturated heterocycles. The second kappa shape index (κ2) is 7.13. The SMILES string of the molecule is CNCC(=Cc1cc(OC(F)(F)F)ccc1N)B1OC(C)(C)C(C)(C)O1. The maximum absolute atomic E-state index is 12.5. The molecule has 1 aromatic carbocycles. The molecule has 0 unspecified atom stereocenters. The van der Waals surface area contributed by atoms with Gasteiger partial charge in [-0.2, -0.15) is 0 Å². The third kappa shape index (κ3) is 4.72. The smallest absolute Gasteiger partial charge is 0.406 e. The minimum absolute atomic E-state index is 0.324. The van der Waals surface area contributed by atoms with E-state index in [0.29, 0.717) is 23.3 Å². The molecule has 1 aliphatic rings. The van der Waals surface area contributed by atoms with Gasteiger partial charge in [-0.1, -0.05) is 6.08 Å². The molecular weight excluding hydrogens is 348 g/mol. The molecule has 0 aliphatic carbocycles. The maximum atomic E-state index is 12.5. The highest BCUT2D eigenvalue weighted by molar-refractivity contribution is 6.56. The third-order valence-electron chi connectivity index (χ3n) is 4.57. The lowest BCUT2D eigenvalue weighted by Crippen LogP contribution is -2.41. The molecule has 1 aliphatic heterocycles. The number of hydrogen-bond donors (Lipinski definition) is 2. The van der Waals surface area contributed by atoms with Crippen molar-refractivity contribution in [3.63, 3.8) is 0 Å². The summed E-state index contributed by atoms with van der Waals surface area (Å²) in [5.74, 6) is -0.337. The third-order valence-corrected chi connectivity index (χ3v) is 4.57. The van der Waals surface area contributed by atoms with Crippen molar-refractivity contribution in [1.29, 1.82) is 0 Å². The molecule has 3 N–H and O–H groups in total. The molecule has 144 valence electrons. The first-order chi connectivity index (χ1) is 11.8. The van der Waals surface area contributed by atoms with Gasteiger partial charge in [0.25, 0.3) is 0 Å². The summed E-state index contributed by atoms with van der Waals surface area (Å²) >= 11 is 0. The zero-order chi connectivity index (χ0) is 19.8. The van der Waals surface area contributed by atoms with Crippen molar-refractivity contribution in [2.24, 2.45) is 0 Å². The second-order valence-electron chi connectivity index (χ2n) is 7.18. The summed E-state index contributed by atoms with van der Waals surface area (Å²) in [5, 5.41) is 3.01. The standard InChI is InChI=1S/C17H24BF3N2O3/c1-15(2)16(3,4)26-18(25-15)12(10-23-5)8-11-9-13(6-7-14(11)22)24-17(19,20)21/h6-9,23H,10,22H2,1-5H3. The first kappa shape index (κ1) is 20.6. The van der Waals surface area contributed by atoms with Gasteiger partial charge in [0.15, 0.2) is 0 Å². The van der Waals surface area contributed by atoms with Crippen LogP contribution in [0.1, 0.15) is 33.3 Å². The lowest BCUT2D eigenvalue weighted by atomic mass is 9.77. The minimum atomic E-state index is -4.77. The Morgan fingerprint density at radius 2 is 1.81 bits per heavy atom. The highest BCUT2D eigenvalue weighted by atomic mass is 19.4. The largest absolute Gasteiger partial charge is 0.573 e. The molecule has 1 fully saturated rings. The lowest BCUT2D eigenvalue weighted by Gasteiger charge is -2.32. The minimum Gasteiger partial charge on any atom is -0.406 e. The summed E-state index contributed by atoms with van der Waals surface area (Å²) in [7, 11) is 1.12. The highest BCUT2D eigenvalue weighted by Crippen LogP contribution is 2.39. The zero-order valence-electron chi connectivity index (χ0n) is 15.5. The number of rotatable bonds is 5. The van der Waals surface area contributed by atoms with E-state index in [0.717, 1.165) is 0 Å². The van der Waals surface area contributed by atoms with Crippen LogP contribution in [-0.2, 0) is 9.31 Å². The topological polar surface area (TPSA) is 65.7 Å². The van der Waals surface area contributed by atoms with Gasteiger partial charge in [0.05, 0.1) is 11.2 Å². The van der Waals surface area contributed by atoms with Crippen LogP contribution in [0, 0.1) is 0 Å². The number of halogens is 3. The molecule has 5 nitrogen and oxygen atoms in total. The number of likely N-dealkylation sites (N-methyl/N-ethyl adjacent to an activating group) is 1. The highest BCUT2D eigenvalue weighted by Gasteiger charge is 2.52. The van der Waals surface area contributed by atoms with E-state index in [1.54, 1.807) is 13.1 Å². The van der Waals surface area contributed by atoms with Gasteiger partial charge in [-0.15, -0.1) is 13.2 Å². The Kier molecular flexibility index (Phi) is 5.65. The Hall–Kier alpha value is -1.71. The molecule has 0 radical (unpaired) electrons. The molecule has 0 spiro atoms. The van der Waals surface area contributed by atoms with Gasteiger partial charge in [0.1, 0.15) is 5.75 Å². The number of hydrogen-bond acceptors (Lipinski definition) is 5. The fraction of sp³-hybridized carbons (Fsp3) is 0.529. The van der Waals surface area contributed by atoms with E-state index in [2.05, 4.69) is 10.1 Å². The number of nitrogens with one attached hydrogen (secondary N) is 1. The summed E-state index contributed by atoms with van der Waals surface area (Å²) in [5.41, 5.74) is 6.29. The Morgan fingerprint density at radius 3 is 2.31 bits per heavy atom. The molecule has 1 aromatic rings.